The van der Waals surface area contributed by atoms with Crippen LogP contribution in [0.1, 0.15) is 5.56 Å². The minimum Gasteiger partial charge on any atom is -0.457 e. The largest absolute Gasteiger partial charge is 0.457 e. The SMILES string of the molecule is COCCn1c(SCc2ccccc2Oc2ccccc2)nnc1-c1ccncc1. The fourth-order valence-electron chi connectivity index (χ4n) is 2.97. The molecule has 0 N–H and O–H groups in total. The van der Waals surface area contributed by atoms with Crippen molar-refractivity contribution in [2.24, 2.45) is 0 Å². The zero-order chi connectivity index (χ0) is 20.6. The van der Waals surface area contributed by atoms with Gasteiger partial charge in [-0.15, -0.1) is 10.2 Å². The third kappa shape index (κ3) is 4.87. The molecule has 6 nitrogen and oxygen atoms in total. The molecule has 0 saturated heterocycles. The molecule has 0 bridgehead atoms. The molecule has 0 fully saturated rings. The number of methoxy groups -OCH3 is 1. The molecule has 0 aliphatic rings. The summed E-state index contributed by atoms with van der Waals surface area (Å²) >= 11 is 1.63. The number of ether oxygens (including phenoxy) is 2. The Kier molecular flexibility index (Phi) is 6.74. The molecule has 0 spiro atoms. The predicted octanol–water partition coefficient (Wildman–Crippen LogP) is 5.07. The molecule has 152 valence electrons. The second kappa shape index (κ2) is 10.0. The Morgan fingerprint density at radius 3 is 2.47 bits per heavy atom. The monoisotopic (exact) mass is 418 g/mol. The summed E-state index contributed by atoms with van der Waals surface area (Å²) in [5, 5.41) is 9.69. The zero-order valence-electron chi connectivity index (χ0n) is 16.6. The number of para-hydroxylation sites is 2. The Bertz CT molecular complexity index is 1070. The van der Waals surface area contributed by atoms with Gasteiger partial charge < -0.3 is 9.47 Å². The van der Waals surface area contributed by atoms with Gasteiger partial charge in [0.1, 0.15) is 11.5 Å². The third-order valence-electron chi connectivity index (χ3n) is 4.47. The number of pyridine rings is 1. The van der Waals surface area contributed by atoms with Gasteiger partial charge in [-0.2, -0.15) is 0 Å². The topological polar surface area (TPSA) is 62.1 Å². The highest BCUT2D eigenvalue weighted by Crippen LogP contribution is 2.31. The molecular weight excluding hydrogens is 396 g/mol. The van der Waals surface area contributed by atoms with E-state index in [1.165, 1.54) is 0 Å². The molecule has 4 aromatic rings. The molecule has 0 radical (unpaired) electrons. The minimum absolute atomic E-state index is 0.581. The summed E-state index contributed by atoms with van der Waals surface area (Å²) in [7, 11) is 1.69. The van der Waals surface area contributed by atoms with Crippen LogP contribution in [0.3, 0.4) is 0 Å². The maximum atomic E-state index is 6.08. The maximum absolute atomic E-state index is 6.08. The Hall–Kier alpha value is -3.16. The number of thioether (sulfide) groups is 1. The van der Waals surface area contributed by atoms with Crippen LogP contribution < -0.4 is 4.74 Å². The van der Waals surface area contributed by atoms with E-state index in [1.807, 2.05) is 60.7 Å². The Morgan fingerprint density at radius 1 is 0.900 bits per heavy atom. The van der Waals surface area contributed by atoms with Gasteiger partial charge in [-0.05, 0) is 30.3 Å². The van der Waals surface area contributed by atoms with Gasteiger partial charge in [0.15, 0.2) is 11.0 Å². The maximum Gasteiger partial charge on any atom is 0.191 e. The van der Waals surface area contributed by atoms with Crippen molar-refractivity contribution in [3.05, 3.63) is 84.7 Å². The van der Waals surface area contributed by atoms with E-state index in [-0.39, 0.29) is 0 Å². The number of nitrogens with zero attached hydrogens (tertiary/aromatic N) is 4. The Morgan fingerprint density at radius 2 is 1.67 bits per heavy atom. The molecule has 2 aromatic heterocycles. The third-order valence-corrected chi connectivity index (χ3v) is 5.49. The van der Waals surface area contributed by atoms with Crippen molar-refractivity contribution in [2.45, 2.75) is 17.5 Å². The van der Waals surface area contributed by atoms with E-state index < -0.39 is 0 Å². The fraction of sp³-hybridized carbons (Fsp3) is 0.174. The van der Waals surface area contributed by atoms with Gasteiger partial charge in [-0.1, -0.05) is 48.2 Å². The quantitative estimate of drug-likeness (QED) is 0.354. The standard InChI is InChI=1S/C23H22N4O2S/c1-28-16-15-27-22(18-11-13-24-14-12-18)25-26-23(27)30-17-19-7-5-6-10-21(19)29-20-8-3-2-4-9-20/h2-14H,15-17H2,1H3. The average Bonchev–Trinajstić information content (AvgIpc) is 3.21. The number of hydrogen-bond donors (Lipinski definition) is 0. The predicted molar refractivity (Wildman–Crippen MR) is 118 cm³/mol. The van der Waals surface area contributed by atoms with Gasteiger partial charge in [0.05, 0.1) is 13.2 Å². The van der Waals surface area contributed by atoms with Crippen molar-refractivity contribution in [3.8, 4) is 22.9 Å². The molecule has 2 heterocycles. The summed E-state index contributed by atoms with van der Waals surface area (Å²) in [6.45, 7) is 1.25. The molecular formula is C23H22N4O2S. The van der Waals surface area contributed by atoms with Crippen LogP contribution >= 0.6 is 11.8 Å². The summed E-state index contributed by atoms with van der Waals surface area (Å²) < 4.78 is 13.5. The summed E-state index contributed by atoms with van der Waals surface area (Å²) in [4.78, 5) is 4.09. The van der Waals surface area contributed by atoms with Gasteiger partial charge >= 0.3 is 0 Å². The van der Waals surface area contributed by atoms with E-state index in [0.29, 0.717) is 18.9 Å². The van der Waals surface area contributed by atoms with Gasteiger partial charge in [0.2, 0.25) is 0 Å². The normalized spacial score (nSPS) is 10.8. The van der Waals surface area contributed by atoms with Crippen LogP contribution in [-0.2, 0) is 17.0 Å². The molecule has 0 aliphatic carbocycles. The fourth-order valence-corrected chi connectivity index (χ4v) is 3.93. The number of rotatable bonds is 9. The molecule has 0 aliphatic heterocycles. The first kappa shape index (κ1) is 20.1. The molecule has 7 heteroatoms. The molecule has 0 saturated carbocycles. The first-order valence-corrected chi connectivity index (χ1v) is 10.6. The van der Waals surface area contributed by atoms with E-state index >= 15 is 0 Å². The molecule has 0 unspecified atom stereocenters. The lowest BCUT2D eigenvalue weighted by atomic mass is 10.2. The summed E-state index contributed by atoms with van der Waals surface area (Å²) in [5.41, 5.74) is 2.08. The van der Waals surface area contributed by atoms with Gasteiger partial charge in [-0.25, -0.2) is 0 Å². The highest BCUT2D eigenvalue weighted by Gasteiger charge is 2.15. The summed E-state index contributed by atoms with van der Waals surface area (Å²) in [6, 6.07) is 21.7. The lowest BCUT2D eigenvalue weighted by molar-refractivity contribution is 0.185. The van der Waals surface area contributed by atoms with Crippen LogP contribution in [-0.4, -0.2) is 33.5 Å². The lowest BCUT2D eigenvalue weighted by Gasteiger charge is -2.12. The van der Waals surface area contributed by atoms with Gasteiger partial charge in [0, 0.05) is 36.4 Å². The van der Waals surface area contributed by atoms with Crippen molar-refractivity contribution < 1.29 is 9.47 Å². The van der Waals surface area contributed by atoms with Crippen LogP contribution in [0, 0.1) is 0 Å². The second-order valence-corrected chi connectivity index (χ2v) is 7.44. The van der Waals surface area contributed by atoms with Crippen LogP contribution in [0.15, 0.2) is 84.3 Å². The molecule has 0 atom stereocenters. The summed E-state index contributed by atoms with van der Waals surface area (Å²) in [6.07, 6.45) is 3.52. The zero-order valence-corrected chi connectivity index (χ0v) is 17.5. The van der Waals surface area contributed by atoms with Crippen LogP contribution in [0.25, 0.3) is 11.4 Å². The minimum atomic E-state index is 0.581. The van der Waals surface area contributed by atoms with Crippen molar-refractivity contribution in [1.82, 2.24) is 19.7 Å². The van der Waals surface area contributed by atoms with Gasteiger partial charge in [-0.3, -0.25) is 9.55 Å². The number of benzene rings is 2. The van der Waals surface area contributed by atoms with Gasteiger partial charge in [0.25, 0.3) is 0 Å². The highest BCUT2D eigenvalue weighted by molar-refractivity contribution is 7.98. The first-order valence-electron chi connectivity index (χ1n) is 9.61. The van der Waals surface area contributed by atoms with E-state index in [1.54, 1.807) is 31.3 Å². The first-order chi connectivity index (χ1) is 14.8. The van der Waals surface area contributed by atoms with E-state index in [2.05, 4.69) is 25.8 Å². The van der Waals surface area contributed by atoms with Crippen molar-refractivity contribution in [2.75, 3.05) is 13.7 Å². The molecule has 30 heavy (non-hydrogen) atoms. The highest BCUT2D eigenvalue weighted by atomic mass is 32.2. The van der Waals surface area contributed by atoms with E-state index in [9.17, 15) is 0 Å². The number of aromatic nitrogens is 4. The second-order valence-electron chi connectivity index (χ2n) is 6.50. The van der Waals surface area contributed by atoms with Crippen molar-refractivity contribution in [3.63, 3.8) is 0 Å². The van der Waals surface area contributed by atoms with E-state index in [0.717, 1.165) is 33.6 Å². The van der Waals surface area contributed by atoms with E-state index in [4.69, 9.17) is 9.47 Å². The van der Waals surface area contributed by atoms with Crippen LogP contribution in [0.2, 0.25) is 0 Å². The molecule has 4 rings (SSSR count). The molecule has 2 aromatic carbocycles. The van der Waals surface area contributed by atoms with Crippen molar-refractivity contribution >= 4 is 11.8 Å². The smallest absolute Gasteiger partial charge is 0.191 e. The lowest BCUT2D eigenvalue weighted by Crippen LogP contribution is -2.07. The Balaban J connectivity index is 1.55. The summed E-state index contributed by atoms with van der Waals surface area (Å²) in [5.74, 6) is 3.18. The van der Waals surface area contributed by atoms with Crippen LogP contribution in [0.4, 0.5) is 0 Å². The number of hydrogen-bond acceptors (Lipinski definition) is 6. The molecule has 0 amide bonds. The van der Waals surface area contributed by atoms with Crippen LogP contribution in [0.5, 0.6) is 11.5 Å². The average molecular weight is 419 g/mol. The van der Waals surface area contributed by atoms with Crippen molar-refractivity contribution in [1.29, 1.82) is 0 Å². The Labute approximate surface area is 179 Å².